The predicted octanol–water partition coefficient (Wildman–Crippen LogP) is 1.23. The molecule has 0 fully saturated rings. The first kappa shape index (κ1) is 12.4. The summed E-state index contributed by atoms with van der Waals surface area (Å²) in [4.78, 5) is 33.1. The van der Waals surface area contributed by atoms with Crippen LogP contribution in [0.15, 0.2) is 27.8 Å². The molecule has 0 bridgehead atoms. The minimum atomic E-state index is -0.470. The quantitative estimate of drug-likeness (QED) is 0.697. The van der Waals surface area contributed by atoms with Crippen LogP contribution >= 0.6 is 0 Å². The van der Waals surface area contributed by atoms with E-state index in [1.165, 1.54) is 4.57 Å². The molecule has 0 spiro atoms. The van der Waals surface area contributed by atoms with Crippen LogP contribution in [0.25, 0.3) is 22.6 Å². The highest BCUT2D eigenvalue weighted by Gasteiger charge is 2.14. The summed E-state index contributed by atoms with van der Waals surface area (Å²) in [5.41, 5.74) is 2.82. The van der Waals surface area contributed by atoms with Crippen molar-refractivity contribution in [3.8, 4) is 11.4 Å². The lowest BCUT2D eigenvalue weighted by Crippen LogP contribution is -2.28. The number of nitrogens with zero attached hydrogens (tertiary/aromatic N) is 2. The van der Waals surface area contributed by atoms with Crippen LogP contribution in [0.2, 0.25) is 0 Å². The predicted molar refractivity (Wildman–Crippen MR) is 76.9 cm³/mol. The van der Waals surface area contributed by atoms with Crippen molar-refractivity contribution in [2.75, 3.05) is 0 Å². The lowest BCUT2D eigenvalue weighted by atomic mass is 10.0. The Hall–Kier alpha value is -2.63. The maximum absolute atomic E-state index is 11.8. The third-order valence-corrected chi connectivity index (χ3v) is 3.47. The Morgan fingerprint density at radius 3 is 2.40 bits per heavy atom. The van der Waals surface area contributed by atoms with Crippen molar-refractivity contribution in [1.29, 1.82) is 0 Å². The van der Waals surface area contributed by atoms with E-state index in [4.69, 9.17) is 0 Å². The van der Waals surface area contributed by atoms with Crippen molar-refractivity contribution in [1.82, 2.24) is 19.5 Å². The Bertz CT molecular complexity index is 910. The molecular weight excluding hydrogens is 256 g/mol. The van der Waals surface area contributed by atoms with E-state index in [-0.39, 0.29) is 0 Å². The SMILES string of the molecule is Cc1cccc(C)c1-c1nc2c([nH]1)c(=O)[nH]c(=O)n2C. The van der Waals surface area contributed by atoms with Gasteiger partial charge in [0.25, 0.3) is 5.56 Å². The molecular formula is C14H14N4O2. The van der Waals surface area contributed by atoms with Crippen molar-refractivity contribution in [2.24, 2.45) is 7.05 Å². The number of hydrogen-bond acceptors (Lipinski definition) is 3. The van der Waals surface area contributed by atoms with E-state index < -0.39 is 11.2 Å². The molecule has 20 heavy (non-hydrogen) atoms. The third-order valence-electron chi connectivity index (χ3n) is 3.47. The number of hydrogen-bond donors (Lipinski definition) is 2. The van der Waals surface area contributed by atoms with E-state index >= 15 is 0 Å². The van der Waals surface area contributed by atoms with Crippen LogP contribution in [0.4, 0.5) is 0 Å². The lowest BCUT2D eigenvalue weighted by Gasteiger charge is -2.05. The number of rotatable bonds is 1. The molecule has 102 valence electrons. The average Bonchev–Trinajstić information content (AvgIpc) is 2.81. The second-order valence-corrected chi connectivity index (χ2v) is 4.87. The summed E-state index contributed by atoms with van der Waals surface area (Å²) < 4.78 is 1.32. The number of H-pyrrole nitrogens is 2. The van der Waals surface area contributed by atoms with Gasteiger partial charge in [0, 0.05) is 12.6 Å². The largest absolute Gasteiger partial charge is 0.332 e. The zero-order valence-corrected chi connectivity index (χ0v) is 11.4. The number of nitrogens with one attached hydrogen (secondary N) is 2. The van der Waals surface area contributed by atoms with Crippen LogP contribution in [0.1, 0.15) is 11.1 Å². The molecule has 2 heterocycles. The minimum Gasteiger partial charge on any atom is -0.332 e. The van der Waals surface area contributed by atoms with E-state index in [0.29, 0.717) is 17.0 Å². The topological polar surface area (TPSA) is 83.5 Å². The maximum Gasteiger partial charge on any atom is 0.329 e. The molecule has 0 unspecified atom stereocenters. The van der Waals surface area contributed by atoms with Gasteiger partial charge < -0.3 is 4.98 Å². The van der Waals surface area contributed by atoms with E-state index in [2.05, 4.69) is 15.0 Å². The first-order chi connectivity index (χ1) is 9.49. The van der Waals surface area contributed by atoms with E-state index in [9.17, 15) is 9.59 Å². The zero-order valence-electron chi connectivity index (χ0n) is 11.4. The average molecular weight is 270 g/mol. The Labute approximate surface area is 114 Å². The molecule has 3 rings (SSSR count). The fourth-order valence-electron chi connectivity index (χ4n) is 2.41. The number of imidazole rings is 1. The zero-order chi connectivity index (χ0) is 14.4. The third kappa shape index (κ3) is 1.69. The van der Waals surface area contributed by atoms with E-state index in [1.54, 1.807) is 7.05 Å². The van der Waals surface area contributed by atoms with Crippen LogP contribution in [0.5, 0.6) is 0 Å². The van der Waals surface area contributed by atoms with Gasteiger partial charge in [0.1, 0.15) is 11.3 Å². The molecule has 6 nitrogen and oxygen atoms in total. The summed E-state index contributed by atoms with van der Waals surface area (Å²) in [7, 11) is 1.58. The minimum absolute atomic E-state index is 0.310. The first-order valence-electron chi connectivity index (χ1n) is 6.24. The van der Waals surface area contributed by atoms with Gasteiger partial charge in [-0.15, -0.1) is 0 Å². The Kier molecular flexibility index (Phi) is 2.60. The fraction of sp³-hybridized carbons (Fsp3) is 0.214. The molecule has 0 aliphatic heterocycles. The standard InChI is InChI=1S/C14H14N4O2/c1-7-5-4-6-8(2)9(7)11-15-10-12(16-11)18(3)14(20)17-13(10)19/h4-6H,1-3H3,(H,15,16)(H,17,19,20). The van der Waals surface area contributed by atoms with Gasteiger partial charge in [0.05, 0.1) is 0 Å². The van der Waals surface area contributed by atoms with E-state index in [1.807, 2.05) is 32.0 Å². The molecule has 0 radical (unpaired) electrons. The first-order valence-corrected chi connectivity index (χ1v) is 6.24. The molecule has 0 saturated heterocycles. The van der Waals surface area contributed by atoms with Gasteiger partial charge in [-0.05, 0) is 25.0 Å². The molecule has 3 aromatic rings. The Morgan fingerprint density at radius 1 is 1.10 bits per heavy atom. The van der Waals surface area contributed by atoms with Crippen molar-refractivity contribution in [3.63, 3.8) is 0 Å². The highest BCUT2D eigenvalue weighted by Crippen LogP contribution is 2.25. The van der Waals surface area contributed by atoms with Gasteiger partial charge >= 0.3 is 5.69 Å². The molecule has 0 atom stereocenters. The monoisotopic (exact) mass is 270 g/mol. The number of benzene rings is 1. The van der Waals surface area contributed by atoms with Gasteiger partial charge in [-0.3, -0.25) is 14.3 Å². The number of aromatic amines is 2. The van der Waals surface area contributed by atoms with Crippen LogP contribution in [0, 0.1) is 13.8 Å². The number of fused-ring (bicyclic) bond motifs is 1. The molecule has 6 heteroatoms. The van der Waals surface area contributed by atoms with Crippen molar-refractivity contribution in [2.45, 2.75) is 13.8 Å². The van der Waals surface area contributed by atoms with Gasteiger partial charge in [-0.1, -0.05) is 18.2 Å². The maximum atomic E-state index is 11.8. The van der Waals surface area contributed by atoms with Crippen LogP contribution in [-0.4, -0.2) is 19.5 Å². The number of aryl methyl sites for hydroxylation is 3. The summed E-state index contributed by atoms with van der Waals surface area (Å²) in [5, 5.41) is 0. The second kappa shape index (κ2) is 4.19. The smallest absolute Gasteiger partial charge is 0.329 e. The molecule has 2 N–H and O–H groups in total. The summed E-state index contributed by atoms with van der Waals surface area (Å²) in [6.07, 6.45) is 0. The summed E-state index contributed by atoms with van der Waals surface area (Å²) >= 11 is 0. The normalized spacial score (nSPS) is 11.2. The van der Waals surface area contributed by atoms with Crippen molar-refractivity contribution >= 4 is 11.2 Å². The fourth-order valence-corrected chi connectivity index (χ4v) is 2.41. The molecule has 0 amide bonds. The molecule has 2 aromatic heterocycles. The molecule has 0 aliphatic carbocycles. The molecule has 1 aromatic carbocycles. The second-order valence-electron chi connectivity index (χ2n) is 4.87. The molecule has 0 aliphatic rings. The van der Waals surface area contributed by atoms with Gasteiger partial charge in [-0.25, -0.2) is 9.78 Å². The van der Waals surface area contributed by atoms with Crippen LogP contribution in [-0.2, 0) is 7.05 Å². The van der Waals surface area contributed by atoms with Crippen molar-refractivity contribution < 1.29 is 0 Å². The van der Waals surface area contributed by atoms with Gasteiger partial charge in [-0.2, -0.15) is 0 Å². The van der Waals surface area contributed by atoms with Crippen LogP contribution < -0.4 is 11.2 Å². The summed E-state index contributed by atoms with van der Waals surface area (Å²) in [6.45, 7) is 3.97. The molecule has 0 saturated carbocycles. The van der Waals surface area contributed by atoms with Crippen LogP contribution in [0.3, 0.4) is 0 Å². The summed E-state index contributed by atoms with van der Waals surface area (Å²) in [6, 6.07) is 5.94. The highest BCUT2D eigenvalue weighted by atomic mass is 16.2. The highest BCUT2D eigenvalue weighted by molar-refractivity contribution is 5.77. The number of aromatic nitrogens is 4. The Morgan fingerprint density at radius 2 is 1.75 bits per heavy atom. The summed E-state index contributed by atoms with van der Waals surface area (Å²) in [5.74, 6) is 0.599. The van der Waals surface area contributed by atoms with Crippen molar-refractivity contribution in [3.05, 3.63) is 50.2 Å². The lowest BCUT2D eigenvalue weighted by molar-refractivity contribution is 0.832. The Balaban J connectivity index is 2.41. The van der Waals surface area contributed by atoms with E-state index in [0.717, 1.165) is 16.7 Å². The van der Waals surface area contributed by atoms with Gasteiger partial charge in [0.15, 0.2) is 5.65 Å². The van der Waals surface area contributed by atoms with Gasteiger partial charge in [0.2, 0.25) is 0 Å².